The summed E-state index contributed by atoms with van der Waals surface area (Å²) in [5, 5.41) is 10.3. The lowest BCUT2D eigenvalue weighted by atomic mass is 10.2. The first-order valence-corrected chi connectivity index (χ1v) is 10.2. The first-order chi connectivity index (χ1) is 15.6. The van der Waals surface area contributed by atoms with Crippen molar-refractivity contribution in [3.63, 3.8) is 0 Å². The minimum Gasteiger partial charge on any atom is -0.338 e. The molecule has 160 valence electrons. The van der Waals surface area contributed by atoms with Gasteiger partial charge in [-0.05, 0) is 48.0 Å². The first kappa shape index (κ1) is 19.7. The molecule has 1 fully saturated rings. The summed E-state index contributed by atoms with van der Waals surface area (Å²) < 4.78 is 15.1. The second kappa shape index (κ2) is 8.46. The predicted octanol–water partition coefficient (Wildman–Crippen LogP) is 3.80. The normalized spacial score (nSPS) is 13.3. The third-order valence-electron chi connectivity index (χ3n) is 5.09. The van der Waals surface area contributed by atoms with Gasteiger partial charge in [0.05, 0.1) is 18.4 Å². The van der Waals surface area contributed by atoms with Crippen molar-refractivity contribution in [1.29, 1.82) is 0 Å². The molecule has 3 heterocycles. The molecular weight excluding hydrogens is 409 g/mol. The van der Waals surface area contributed by atoms with E-state index in [1.165, 1.54) is 12.1 Å². The van der Waals surface area contributed by atoms with Gasteiger partial charge in [-0.1, -0.05) is 12.1 Å². The molecule has 1 saturated heterocycles. The predicted molar refractivity (Wildman–Crippen MR) is 119 cm³/mol. The van der Waals surface area contributed by atoms with Crippen molar-refractivity contribution in [3.05, 3.63) is 84.6 Å². The second-order valence-electron chi connectivity index (χ2n) is 7.38. The summed E-state index contributed by atoms with van der Waals surface area (Å²) in [4.78, 5) is 22.5. The molecular formula is C23H20FN7O. The van der Waals surface area contributed by atoms with Gasteiger partial charge in [-0.25, -0.2) is 19.2 Å². The molecule has 0 radical (unpaired) electrons. The van der Waals surface area contributed by atoms with E-state index in [-0.39, 0.29) is 11.8 Å². The molecule has 2 amide bonds. The molecule has 0 spiro atoms. The van der Waals surface area contributed by atoms with E-state index in [9.17, 15) is 9.18 Å². The van der Waals surface area contributed by atoms with E-state index in [0.717, 1.165) is 22.5 Å². The monoisotopic (exact) mass is 429 g/mol. The fraction of sp³-hybridized carbons (Fsp3) is 0.130. The largest absolute Gasteiger partial charge is 0.338 e. The van der Waals surface area contributed by atoms with Gasteiger partial charge in [-0.15, -0.1) is 0 Å². The van der Waals surface area contributed by atoms with Crippen molar-refractivity contribution >= 4 is 23.2 Å². The van der Waals surface area contributed by atoms with Crippen LogP contribution in [0.1, 0.15) is 5.56 Å². The third-order valence-corrected chi connectivity index (χ3v) is 5.09. The average molecular weight is 429 g/mol. The molecule has 2 N–H and O–H groups in total. The van der Waals surface area contributed by atoms with Crippen LogP contribution < -0.4 is 15.5 Å². The van der Waals surface area contributed by atoms with Gasteiger partial charge >= 0.3 is 6.03 Å². The van der Waals surface area contributed by atoms with E-state index in [0.29, 0.717) is 31.3 Å². The molecule has 32 heavy (non-hydrogen) atoms. The van der Waals surface area contributed by atoms with Gasteiger partial charge in [0, 0.05) is 36.7 Å². The lowest BCUT2D eigenvalue weighted by Gasteiger charge is -2.14. The van der Waals surface area contributed by atoms with Gasteiger partial charge in [0.15, 0.2) is 5.82 Å². The summed E-state index contributed by atoms with van der Waals surface area (Å²) in [6.45, 7) is 1.77. The van der Waals surface area contributed by atoms with E-state index in [1.54, 1.807) is 34.1 Å². The highest BCUT2D eigenvalue weighted by Gasteiger charge is 2.20. The van der Waals surface area contributed by atoms with Gasteiger partial charge in [0.25, 0.3) is 0 Å². The number of anilines is 3. The van der Waals surface area contributed by atoms with Crippen molar-refractivity contribution in [3.8, 4) is 11.4 Å². The van der Waals surface area contributed by atoms with Crippen molar-refractivity contribution in [2.75, 3.05) is 23.3 Å². The Hall–Kier alpha value is -4.27. The number of amides is 2. The number of halogens is 1. The Bertz CT molecular complexity index is 1260. The number of nitrogens with one attached hydrogen (secondary N) is 2. The van der Waals surface area contributed by atoms with Crippen LogP contribution in [-0.2, 0) is 6.54 Å². The Balaban J connectivity index is 1.28. The quantitative estimate of drug-likeness (QED) is 0.487. The van der Waals surface area contributed by atoms with Gasteiger partial charge in [-0.2, -0.15) is 5.10 Å². The maximum absolute atomic E-state index is 13.4. The maximum atomic E-state index is 13.4. The van der Waals surface area contributed by atoms with Crippen LogP contribution in [0.25, 0.3) is 11.4 Å². The van der Waals surface area contributed by atoms with E-state index in [2.05, 4.69) is 25.7 Å². The number of carbonyl (C=O) groups is 1. The summed E-state index contributed by atoms with van der Waals surface area (Å²) >= 11 is 0. The number of rotatable bonds is 6. The van der Waals surface area contributed by atoms with Crippen LogP contribution in [0.15, 0.2) is 73.2 Å². The maximum Gasteiger partial charge on any atom is 0.321 e. The molecule has 0 saturated carbocycles. The van der Waals surface area contributed by atoms with Crippen molar-refractivity contribution in [2.24, 2.45) is 0 Å². The Morgan fingerprint density at radius 2 is 2.00 bits per heavy atom. The highest BCUT2D eigenvalue weighted by Crippen LogP contribution is 2.23. The molecule has 0 atom stereocenters. The number of carbonyl (C=O) groups excluding carboxylic acids is 1. The number of nitrogens with zero attached hydrogens (tertiary/aromatic N) is 5. The molecule has 0 unspecified atom stereocenters. The summed E-state index contributed by atoms with van der Waals surface area (Å²) in [5.74, 6) is 0.932. The van der Waals surface area contributed by atoms with Crippen molar-refractivity contribution in [2.45, 2.75) is 6.54 Å². The SMILES string of the molecule is O=C1NCCN1c1ccc(-c2nccc(Nc3cnn(Cc4cccc(F)c4)c3)n2)cc1. The highest BCUT2D eigenvalue weighted by atomic mass is 19.1. The summed E-state index contributed by atoms with van der Waals surface area (Å²) in [6.07, 6.45) is 5.21. The standard InChI is InChI=1S/C23H20FN7O/c24-18-3-1-2-16(12-18)14-30-15-19(13-27-30)28-21-8-9-25-22(29-21)17-4-6-20(7-5-17)31-11-10-26-23(31)32/h1-9,12-13,15H,10-11,14H2,(H,26,32)(H,25,28,29). The van der Waals surface area contributed by atoms with E-state index in [1.807, 2.05) is 36.5 Å². The summed E-state index contributed by atoms with van der Waals surface area (Å²) in [6, 6.07) is 15.7. The van der Waals surface area contributed by atoms with Crippen molar-refractivity contribution in [1.82, 2.24) is 25.1 Å². The summed E-state index contributed by atoms with van der Waals surface area (Å²) in [5.41, 5.74) is 3.28. The Labute approximate surface area is 183 Å². The number of aromatic nitrogens is 4. The number of urea groups is 1. The molecule has 4 aromatic rings. The molecule has 1 aliphatic rings. The van der Waals surface area contributed by atoms with Crippen LogP contribution >= 0.6 is 0 Å². The molecule has 0 bridgehead atoms. The second-order valence-corrected chi connectivity index (χ2v) is 7.38. The molecule has 5 rings (SSSR count). The minimum atomic E-state index is -0.266. The Kier molecular flexibility index (Phi) is 5.20. The zero-order chi connectivity index (χ0) is 21.9. The van der Waals surface area contributed by atoms with E-state index >= 15 is 0 Å². The van der Waals surface area contributed by atoms with E-state index in [4.69, 9.17) is 0 Å². The third kappa shape index (κ3) is 4.27. The molecule has 8 nitrogen and oxygen atoms in total. The van der Waals surface area contributed by atoms with Crippen LogP contribution in [0.2, 0.25) is 0 Å². The van der Waals surface area contributed by atoms with Crippen LogP contribution in [0.5, 0.6) is 0 Å². The molecule has 0 aliphatic carbocycles. The number of benzene rings is 2. The Morgan fingerprint density at radius 3 is 2.78 bits per heavy atom. The lowest BCUT2D eigenvalue weighted by molar-refractivity contribution is 0.252. The zero-order valence-electron chi connectivity index (χ0n) is 17.1. The van der Waals surface area contributed by atoms with Gasteiger partial charge in [0.2, 0.25) is 0 Å². The fourth-order valence-electron chi connectivity index (χ4n) is 3.56. The number of hydrogen-bond acceptors (Lipinski definition) is 5. The van der Waals surface area contributed by atoms with Crippen LogP contribution in [0, 0.1) is 5.82 Å². The minimum absolute atomic E-state index is 0.0851. The molecule has 2 aromatic heterocycles. The average Bonchev–Trinajstić information content (AvgIpc) is 3.43. The lowest BCUT2D eigenvalue weighted by Crippen LogP contribution is -2.27. The smallest absolute Gasteiger partial charge is 0.321 e. The van der Waals surface area contributed by atoms with E-state index < -0.39 is 0 Å². The topological polar surface area (TPSA) is 88.0 Å². The van der Waals surface area contributed by atoms with Gasteiger partial charge in [0.1, 0.15) is 11.6 Å². The summed E-state index contributed by atoms with van der Waals surface area (Å²) in [7, 11) is 0. The van der Waals surface area contributed by atoms with Gasteiger partial charge in [-0.3, -0.25) is 9.58 Å². The molecule has 2 aromatic carbocycles. The van der Waals surface area contributed by atoms with Crippen LogP contribution in [0.3, 0.4) is 0 Å². The molecule has 1 aliphatic heterocycles. The zero-order valence-corrected chi connectivity index (χ0v) is 17.1. The van der Waals surface area contributed by atoms with Crippen LogP contribution in [-0.4, -0.2) is 38.9 Å². The van der Waals surface area contributed by atoms with Gasteiger partial charge < -0.3 is 10.6 Å². The molecule has 9 heteroatoms. The Morgan fingerprint density at radius 1 is 1.12 bits per heavy atom. The first-order valence-electron chi connectivity index (χ1n) is 10.2. The van der Waals surface area contributed by atoms with Crippen LogP contribution in [0.4, 0.5) is 26.4 Å². The highest BCUT2D eigenvalue weighted by molar-refractivity contribution is 5.94. The fourth-order valence-corrected chi connectivity index (χ4v) is 3.56. The van der Waals surface area contributed by atoms with Crippen molar-refractivity contribution < 1.29 is 9.18 Å². The number of hydrogen-bond donors (Lipinski definition) is 2.